The molecule has 0 spiro atoms. The lowest BCUT2D eigenvalue weighted by atomic mass is 9.93. The van der Waals surface area contributed by atoms with Crippen molar-refractivity contribution in [3.05, 3.63) is 24.3 Å². The molecule has 0 saturated carbocycles. The van der Waals surface area contributed by atoms with Crippen molar-refractivity contribution in [1.29, 1.82) is 0 Å². The number of amides is 2. The van der Waals surface area contributed by atoms with Crippen LogP contribution in [0.3, 0.4) is 0 Å². The molecule has 1 aliphatic heterocycles. The van der Waals surface area contributed by atoms with Crippen LogP contribution >= 0.6 is 0 Å². The van der Waals surface area contributed by atoms with Gasteiger partial charge in [0, 0.05) is 25.3 Å². The minimum Gasteiger partial charge on any atom is -0.444 e. The van der Waals surface area contributed by atoms with Crippen LogP contribution in [0, 0.1) is 5.92 Å². The standard InChI is InChI=1S/C20H32N4O5S/c1-20(2,3)29-19(26)22-10-7-15-8-11-24(12-9-15)18(25)14-23-30(27,28)17-6-4-5-16(21)13-17/h4-6,13,15,23H,7-12,14,21H2,1-3H3,(H,22,26). The molecular weight excluding hydrogens is 408 g/mol. The normalized spacial score (nSPS) is 15.6. The van der Waals surface area contributed by atoms with Crippen molar-refractivity contribution in [3.63, 3.8) is 0 Å². The monoisotopic (exact) mass is 440 g/mol. The van der Waals surface area contributed by atoms with Gasteiger partial charge in [-0.25, -0.2) is 17.9 Å². The molecule has 2 amide bonds. The van der Waals surface area contributed by atoms with Gasteiger partial charge in [0.1, 0.15) is 5.60 Å². The van der Waals surface area contributed by atoms with Crippen molar-refractivity contribution in [2.45, 2.75) is 50.5 Å². The summed E-state index contributed by atoms with van der Waals surface area (Å²) < 4.78 is 32.1. The molecule has 168 valence electrons. The maximum Gasteiger partial charge on any atom is 0.407 e. The summed E-state index contributed by atoms with van der Waals surface area (Å²) in [6, 6.07) is 5.93. The molecule has 0 atom stereocenters. The van der Waals surface area contributed by atoms with Gasteiger partial charge in [-0.3, -0.25) is 4.79 Å². The lowest BCUT2D eigenvalue weighted by Crippen LogP contribution is -2.44. The van der Waals surface area contributed by atoms with Crippen LogP contribution in [0.4, 0.5) is 10.5 Å². The number of piperidine rings is 1. The summed E-state index contributed by atoms with van der Waals surface area (Å²) in [6.07, 6.45) is 2.00. The highest BCUT2D eigenvalue weighted by Crippen LogP contribution is 2.20. The van der Waals surface area contributed by atoms with Gasteiger partial charge < -0.3 is 20.7 Å². The molecular formula is C20H32N4O5S. The SMILES string of the molecule is CC(C)(C)OC(=O)NCCC1CCN(C(=O)CNS(=O)(=O)c2cccc(N)c2)CC1. The first-order chi connectivity index (χ1) is 14.0. The van der Waals surface area contributed by atoms with E-state index in [1.165, 1.54) is 12.1 Å². The number of anilines is 1. The number of hydrogen-bond acceptors (Lipinski definition) is 6. The van der Waals surface area contributed by atoms with E-state index in [0.717, 1.165) is 19.3 Å². The van der Waals surface area contributed by atoms with Crippen LogP contribution in [0.5, 0.6) is 0 Å². The van der Waals surface area contributed by atoms with Crippen LogP contribution in [0.15, 0.2) is 29.2 Å². The number of sulfonamides is 1. The molecule has 0 unspecified atom stereocenters. The zero-order valence-corrected chi connectivity index (χ0v) is 18.6. The first-order valence-corrected chi connectivity index (χ1v) is 11.5. The van der Waals surface area contributed by atoms with Crippen molar-refractivity contribution in [2.75, 3.05) is 31.9 Å². The number of hydrogen-bond donors (Lipinski definition) is 3. The highest BCUT2D eigenvalue weighted by Gasteiger charge is 2.24. The Morgan fingerprint density at radius 2 is 1.90 bits per heavy atom. The quantitative estimate of drug-likeness (QED) is 0.553. The van der Waals surface area contributed by atoms with Gasteiger partial charge in [-0.15, -0.1) is 0 Å². The fraction of sp³-hybridized carbons (Fsp3) is 0.600. The third kappa shape index (κ3) is 7.83. The number of carbonyl (C=O) groups excluding carboxylic acids is 2. The molecule has 1 saturated heterocycles. The molecule has 0 aromatic heterocycles. The van der Waals surface area contributed by atoms with E-state index < -0.39 is 21.7 Å². The summed E-state index contributed by atoms with van der Waals surface area (Å²) in [5, 5.41) is 2.75. The van der Waals surface area contributed by atoms with Crippen LogP contribution in [0.1, 0.15) is 40.0 Å². The topological polar surface area (TPSA) is 131 Å². The van der Waals surface area contributed by atoms with Gasteiger partial charge in [-0.2, -0.15) is 0 Å². The van der Waals surface area contributed by atoms with Crippen molar-refractivity contribution < 1.29 is 22.7 Å². The molecule has 9 nitrogen and oxygen atoms in total. The van der Waals surface area contributed by atoms with Crippen LogP contribution in [0.25, 0.3) is 0 Å². The van der Waals surface area contributed by atoms with Gasteiger partial charge in [0.25, 0.3) is 0 Å². The molecule has 30 heavy (non-hydrogen) atoms. The van der Waals surface area contributed by atoms with Crippen LogP contribution < -0.4 is 15.8 Å². The lowest BCUT2D eigenvalue weighted by Gasteiger charge is -2.32. The molecule has 0 aliphatic carbocycles. The fourth-order valence-electron chi connectivity index (χ4n) is 3.20. The largest absolute Gasteiger partial charge is 0.444 e. The Morgan fingerprint density at radius 3 is 2.50 bits per heavy atom. The average molecular weight is 441 g/mol. The first kappa shape index (κ1) is 23.9. The predicted octanol–water partition coefficient (Wildman–Crippen LogP) is 1.70. The molecule has 10 heteroatoms. The second-order valence-electron chi connectivity index (χ2n) is 8.44. The summed E-state index contributed by atoms with van der Waals surface area (Å²) in [5.74, 6) is 0.140. The number of alkyl carbamates (subject to hydrolysis) is 1. The molecule has 0 radical (unpaired) electrons. The molecule has 1 aromatic rings. The average Bonchev–Trinajstić information content (AvgIpc) is 2.65. The van der Waals surface area contributed by atoms with E-state index in [1.54, 1.807) is 17.0 Å². The van der Waals surface area contributed by atoms with Gasteiger partial charge >= 0.3 is 6.09 Å². The summed E-state index contributed by atoms with van der Waals surface area (Å²) in [5.41, 5.74) is 5.44. The van der Waals surface area contributed by atoms with E-state index in [1.807, 2.05) is 20.8 Å². The number of likely N-dealkylation sites (tertiary alicyclic amines) is 1. The number of ether oxygens (including phenoxy) is 1. The van der Waals surface area contributed by atoms with Crippen LogP contribution in [-0.4, -0.2) is 57.1 Å². The summed E-state index contributed by atoms with van der Waals surface area (Å²) in [6.45, 7) is 6.81. The van der Waals surface area contributed by atoms with E-state index in [0.29, 0.717) is 31.2 Å². The zero-order chi connectivity index (χ0) is 22.4. The molecule has 4 N–H and O–H groups in total. The molecule has 0 bridgehead atoms. The van der Waals surface area contributed by atoms with Crippen LogP contribution in [0.2, 0.25) is 0 Å². The molecule has 1 aromatic carbocycles. The number of nitrogens with zero attached hydrogens (tertiary/aromatic N) is 1. The highest BCUT2D eigenvalue weighted by molar-refractivity contribution is 7.89. The van der Waals surface area contributed by atoms with Crippen molar-refractivity contribution in [2.24, 2.45) is 5.92 Å². The summed E-state index contributed by atoms with van der Waals surface area (Å²) in [7, 11) is -3.79. The number of carbonyl (C=O) groups is 2. The lowest BCUT2D eigenvalue weighted by molar-refractivity contribution is -0.131. The van der Waals surface area contributed by atoms with E-state index in [4.69, 9.17) is 10.5 Å². The first-order valence-electron chi connectivity index (χ1n) is 10.1. The summed E-state index contributed by atoms with van der Waals surface area (Å²) in [4.78, 5) is 25.8. The Bertz CT molecular complexity index is 843. The van der Waals surface area contributed by atoms with E-state index in [-0.39, 0.29) is 17.3 Å². The van der Waals surface area contributed by atoms with Gasteiger partial charge in [0.2, 0.25) is 15.9 Å². The Kier molecular flexibility index (Phi) is 8.08. The highest BCUT2D eigenvalue weighted by atomic mass is 32.2. The molecule has 1 fully saturated rings. The molecule has 2 rings (SSSR count). The molecule has 1 aliphatic rings. The van der Waals surface area contributed by atoms with Gasteiger partial charge in [0.05, 0.1) is 11.4 Å². The van der Waals surface area contributed by atoms with Crippen molar-refractivity contribution >= 4 is 27.7 Å². The zero-order valence-electron chi connectivity index (χ0n) is 17.8. The second kappa shape index (κ2) is 10.1. The van der Waals surface area contributed by atoms with Crippen LogP contribution in [-0.2, 0) is 19.6 Å². The van der Waals surface area contributed by atoms with E-state index in [2.05, 4.69) is 10.0 Å². The fourth-order valence-corrected chi connectivity index (χ4v) is 4.23. The number of nitrogens with two attached hydrogens (primary N) is 1. The Morgan fingerprint density at radius 1 is 1.23 bits per heavy atom. The Labute approximate surface area is 178 Å². The van der Waals surface area contributed by atoms with Gasteiger partial charge in [-0.05, 0) is 64.2 Å². The number of benzene rings is 1. The maximum atomic E-state index is 12.4. The van der Waals surface area contributed by atoms with Gasteiger partial charge in [0.15, 0.2) is 0 Å². The van der Waals surface area contributed by atoms with Crippen molar-refractivity contribution in [1.82, 2.24) is 14.9 Å². The summed E-state index contributed by atoms with van der Waals surface area (Å²) >= 11 is 0. The van der Waals surface area contributed by atoms with E-state index in [9.17, 15) is 18.0 Å². The van der Waals surface area contributed by atoms with Gasteiger partial charge in [-0.1, -0.05) is 6.07 Å². The number of rotatable bonds is 7. The number of nitrogens with one attached hydrogen (secondary N) is 2. The molecule has 1 heterocycles. The second-order valence-corrected chi connectivity index (χ2v) is 10.2. The smallest absolute Gasteiger partial charge is 0.407 e. The minimum absolute atomic E-state index is 0.0338. The third-order valence-electron chi connectivity index (χ3n) is 4.77. The minimum atomic E-state index is -3.79. The Hall–Kier alpha value is -2.33. The maximum absolute atomic E-state index is 12.4. The Balaban J connectivity index is 1.71. The third-order valence-corrected chi connectivity index (χ3v) is 6.17. The van der Waals surface area contributed by atoms with E-state index >= 15 is 0 Å². The van der Waals surface area contributed by atoms with Crippen molar-refractivity contribution in [3.8, 4) is 0 Å². The number of nitrogen functional groups attached to an aromatic ring is 1. The predicted molar refractivity (Wildman–Crippen MR) is 114 cm³/mol.